The van der Waals surface area contributed by atoms with Crippen molar-refractivity contribution in [1.82, 2.24) is 15.0 Å². The van der Waals surface area contributed by atoms with Crippen molar-refractivity contribution in [2.75, 3.05) is 38.0 Å². The second kappa shape index (κ2) is 8.86. The number of piperazine rings is 1. The highest BCUT2D eigenvalue weighted by molar-refractivity contribution is 6.35. The lowest BCUT2D eigenvalue weighted by molar-refractivity contribution is -0.116. The Morgan fingerprint density at radius 2 is 1.92 bits per heavy atom. The smallest absolute Gasteiger partial charge is 0.225 e. The lowest BCUT2D eigenvalue weighted by Gasteiger charge is -2.34. The fourth-order valence-electron chi connectivity index (χ4n) is 2.96. The molecule has 2 aromatic rings. The fourth-order valence-corrected chi connectivity index (χ4v) is 3.30. The van der Waals surface area contributed by atoms with E-state index in [4.69, 9.17) is 27.7 Å². The van der Waals surface area contributed by atoms with Gasteiger partial charge in [0, 0.05) is 56.8 Å². The van der Waals surface area contributed by atoms with Crippen molar-refractivity contribution in [3.05, 3.63) is 45.8 Å². The van der Waals surface area contributed by atoms with Crippen LogP contribution in [0.15, 0.2) is 28.8 Å². The van der Waals surface area contributed by atoms with Crippen molar-refractivity contribution in [3.63, 3.8) is 0 Å². The Bertz CT molecular complexity index is 757. The molecule has 1 aliphatic heterocycles. The molecule has 1 aliphatic rings. The van der Waals surface area contributed by atoms with Crippen molar-refractivity contribution >= 4 is 34.8 Å². The van der Waals surface area contributed by atoms with Crippen LogP contribution in [-0.4, -0.2) is 53.6 Å². The molecule has 1 aromatic carbocycles. The molecule has 8 heteroatoms. The van der Waals surface area contributed by atoms with E-state index in [1.807, 2.05) is 13.0 Å². The predicted octanol–water partition coefficient (Wildman–Crippen LogP) is 3.44. The Hall–Kier alpha value is -1.60. The highest BCUT2D eigenvalue weighted by Gasteiger charge is 2.18. The molecule has 0 bridgehead atoms. The zero-order chi connectivity index (χ0) is 18.5. The maximum Gasteiger partial charge on any atom is 0.225 e. The van der Waals surface area contributed by atoms with Crippen LogP contribution in [-0.2, 0) is 11.3 Å². The van der Waals surface area contributed by atoms with Crippen LogP contribution in [0.25, 0.3) is 0 Å². The number of anilines is 1. The van der Waals surface area contributed by atoms with Crippen LogP contribution in [0, 0.1) is 6.92 Å². The molecule has 26 heavy (non-hydrogen) atoms. The summed E-state index contributed by atoms with van der Waals surface area (Å²) in [6, 6.07) is 7.00. The molecule has 0 atom stereocenters. The maximum atomic E-state index is 12.2. The molecule has 1 amide bonds. The Morgan fingerprint density at radius 3 is 2.62 bits per heavy atom. The Balaban J connectivity index is 1.39. The minimum atomic E-state index is -0.0605. The van der Waals surface area contributed by atoms with Gasteiger partial charge in [-0.15, -0.1) is 0 Å². The summed E-state index contributed by atoms with van der Waals surface area (Å²) in [7, 11) is 0. The van der Waals surface area contributed by atoms with Crippen LogP contribution in [0.5, 0.6) is 0 Å². The van der Waals surface area contributed by atoms with Crippen LogP contribution in [0.3, 0.4) is 0 Å². The van der Waals surface area contributed by atoms with Crippen molar-refractivity contribution in [3.8, 4) is 0 Å². The number of benzene rings is 1. The van der Waals surface area contributed by atoms with E-state index in [1.54, 1.807) is 18.2 Å². The highest BCUT2D eigenvalue weighted by Crippen LogP contribution is 2.25. The minimum Gasteiger partial charge on any atom is -0.361 e. The fraction of sp³-hybridized carbons (Fsp3) is 0.444. The molecule has 1 fully saturated rings. The summed E-state index contributed by atoms with van der Waals surface area (Å²) < 4.78 is 5.11. The molecular formula is C18H22Cl2N4O2. The van der Waals surface area contributed by atoms with Crippen LogP contribution in [0.4, 0.5) is 5.69 Å². The molecule has 2 heterocycles. The Kier molecular flexibility index (Phi) is 6.53. The third-order valence-electron chi connectivity index (χ3n) is 4.38. The molecule has 3 rings (SSSR count). The average Bonchev–Trinajstić information content (AvgIpc) is 3.02. The van der Waals surface area contributed by atoms with E-state index >= 15 is 0 Å². The molecule has 1 N–H and O–H groups in total. The van der Waals surface area contributed by atoms with Crippen LogP contribution >= 0.6 is 23.2 Å². The SMILES string of the molecule is Cc1cc(CN2CCN(CCC(=O)Nc3cc(Cl)ccc3Cl)CC2)no1. The number of halogens is 2. The summed E-state index contributed by atoms with van der Waals surface area (Å²) in [5.41, 5.74) is 1.52. The Labute approximate surface area is 163 Å². The number of hydrogen-bond acceptors (Lipinski definition) is 5. The number of carbonyl (C=O) groups excluding carboxylic acids is 1. The van der Waals surface area contributed by atoms with E-state index in [9.17, 15) is 4.79 Å². The maximum absolute atomic E-state index is 12.2. The largest absolute Gasteiger partial charge is 0.361 e. The van der Waals surface area contributed by atoms with Gasteiger partial charge in [-0.25, -0.2) is 0 Å². The van der Waals surface area contributed by atoms with Crippen LogP contribution in [0.1, 0.15) is 17.9 Å². The lowest BCUT2D eigenvalue weighted by Crippen LogP contribution is -2.46. The predicted molar refractivity (Wildman–Crippen MR) is 103 cm³/mol. The van der Waals surface area contributed by atoms with Crippen molar-refractivity contribution < 1.29 is 9.32 Å². The summed E-state index contributed by atoms with van der Waals surface area (Å²) in [6.45, 7) is 7.20. The van der Waals surface area contributed by atoms with Gasteiger partial charge in [-0.1, -0.05) is 28.4 Å². The summed E-state index contributed by atoms with van der Waals surface area (Å²) in [4.78, 5) is 16.8. The van der Waals surface area contributed by atoms with Gasteiger partial charge in [-0.05, 0) is 25.1 Å². The lowest BCUT2D eigenvalue weighted by atomic mass is 10.2. The van der Waals surface area contributed by atoms with E-state index in [-0.39, 0.29) is 5.91 Å². The number of nitrogens with one attached hydrogen (secondary N) is 1. The van der Waals surface area contributed by atoms with Gasteiger partial charge in [0.1, 0.15) is 5.76 Å². The van der Waals surface area contributed by atoms with Gasteiger partial charge < -0.3 is 14.7 Å². The monoisotopic (exact) mass is 396 g/mol. The molecule has 0 spiro atoms. The molecule has 0 saturated carbocycles. The Morgan fingerprint density at radius 1 is 1.19 bits per heavy atom. The van der Waals surface area contributed by atoms with E-state index < -0.39 is 0 Å². The molecule has 0 radical (unpaired) electrons. The zero-order valence-electron chi connectivity index (χ0n) is 14.7. The molecule has 1 saturated heterocycles. The normalized spacial score (nSPS) is 16.0. The summed E-state index contributed by atoms with van der Waals surface area (Å²) >= 11 is 12.0. The number of carbonyl (C=O) groups is 1. The van der Waals surface area contributed by atoms with E-state index in [1.165, 1.54) is 0 Å². The molecule has 0 aliphatic carbocycles. The zero-order valence-corrected chi connectivity index (χ0v) is 16.2. The molecule has 1 aromatic heterocycles. The number of aromatic nitrogens is 1. The van der Waals surface area contributed by atoms with E-state index in [0.717, 1.165) is 50.7 Å². The van der Waals surface area contributed by atoms with E-state index in [0.29, 0.717) is 22.2 Å². The number of rotatable bonds is 6. The number of hydrogen-bond donors (Lipinski definition) is 1. The molecule has 6 nitrogen and oxygen atoms in total. The summed E-state index contributed by atoms with van der Waals surface area (Å²) in [6.07, 6.45) is 0.422. The van der Waals surface area contributed by atoms with Gasteiger partial charge in [0.2, 0.25) is 5.91 Å². The molecule has 0 unspecified atom stereocenters. The van der Waals surface area contributed by atoms with E-state index in [2.05, 4.69) is 20.3 Å². The third kappa shape index (κ3) is 5.45. The second-order valence-electron chi connectivity index (χ2n) is 6.47. The second-order valence-corrected chi connectivity index (χ2v) is 7.31. The molecule has 140 valence electrons. The van der Waals surface area contributed by atoms with Gasteiger partial charge in [0.25, 0.3) is 0 Å². The van der Waals surface area contributed by atoms with Gasteiger partial charge in [-0.2, -0.15) is 0 Å². The third-order valence-corrected chi connectivity index (χ3v) is 4.95. The number of aryl methyl sites for hydroxylation is 1. The van der Waals surface area contributed by atoms with Gasteiger partial charge in [0.15, 0.2) is 0 Å². The first-order valence-electron chi connectivity index (χ1n) is 8.61. The van der Waals surface area contributed by atoms with Gasteiger partial charge in [0.05, 0.1) is 16.4 Å². The summed E-state index contributed by atoms with van der Waals surface area (Å²) in [5, 5.41) is 7.89. The van der Waals surface area contributed by atoms with Crippen molar-refractivity contribution in [2.24, 2.45) is 0 Å². The summed E-state index contributed by atoms with van der Waals surface area (Å²) in [5.74, 6) is 0.777. The first-order chi connectivity index (χ1) is 12.5. The topological polar surface area (TPSA) is 61.6 Å². The van der Waals surface area contributed by atoms with Crippen LogP contribution < -0.4 is 5.32 Å². The van der Waals surface area contributed by atoms with Crippen molar-refractivity contribution in [2.45, 2.75) is 19.9 Å². The van der Waals surface area contributed by atoms with Crippen LogP contribution in [0.2, 0.25) is 10.0 Å². The quantitative estimate of drug-likeness (QED) is 0.809. The average molecular weight is 397 g/mol. The number of nitrogens with zero attached hydrogens (tertiary/aromatic N) is 3. The van der Waals surface area contributed by atoms with Gasteiger partial charge >= 0.3 is 0 Å². The van der Waals surface area contributed by atoms with Crippen molar-refractivity contribution in [1.29, 1.82) is 0 Å². The van der Waals surface area contributed by atoms with Gasteiger partial charge in [-0.3, -0.25) is 9.69 Å². The number of amides is 1. The highest BCUT2D eigenvalue weighted by atomic mass is 35.5. The standard InChI is InChI=1S/C18H22Cl2N4O2/c1-13-10-15(22-26-13)12-24-8-6-23(7-9-24)5-4-18(25)21-17-11-14(19)2-3-16(17)20/h2-3,10-11H,4-9,12H2,1H3,(H,21,25). The first kappa shape index (κ1) is 19.2. The first-order valence-corrected chi connectivity index (χ1v) is 9.37. The minimum absolute atomic E-state index is 0.0605. The molecular weight excluding hydrogens is 375 g/mol.